The number of aliphatic hydroxyl groups is 1. The molecule has 2 aliphatic rings. The van der Waals surface area contributed by atoms with Crippen LogP contribution in [0.3, 0.4) is 0 Å². The van der Waals surface area contributed by atoms with Crippen molar-refractivity contribution >= 4 is 18.0 Å². The van der Waals surface area contributed by atoms with E-state index in [0.29, 0.717) is 6.42 Å². The van der Waals surface area contributed by atoms with Crippen molar-refractivity contribution in [2.45, 2.75) is 56.6 Å². The van der Waals surface area contributed by atoms with Gasteiger partial charge >= 0.3 is 12.1 Å². The van der Waals surface area contributed by atoms with Crippen molar-refractivity contribution in [2.24, 2.45) is 0 Å². The average Bonchev–Trinajstić information content (AvgIpc) is 3.15. The van der Waals surface area contributed by atoms with Crippen molar-refractivity contribution in [3.05, 3.63) is 59.7 Å². The van der Waals surface area contributed by atoms with Crippen molar-refractivity contribution in [1.29, 1.82) is 0 Å². The molecule has 0 bridgehead atoms. The summed E-state index contributed by atoms with van der Waals surface area (Å²) in [4.78, 5) is 37.9. The summed E-state index contributed by atoms with van der Waals surface area (Å²) in [6, 6.07) is 16.3. The number of ether oxygens (including phenoxy) is 1. The first-order chi connectivity index (χ1) is 16.6. The highest BCUT2D eigenvalue weighted by Crippen LogP contribution is 2.44. The fourth-order valence-electron chi connectivity index (χ4n) is 4.89. The van der Waals surface area contributed by atoms with Gasteiger partial charge in [-0.2, -0.15) is 0 Å². The van der Waals surface area contributed by atoms with Crippen LogP contribution in [0, 0.1) is 0 Å². The normalized spacial score (nSPS) is 16.8. The number of fused-ring (bicyclic) bond motifs is 3. The average molecular weight is 481 g/mol. The Morgan fingerprint density at radius 2 is 1.57 bits per heavy atom. The lowest BCUT2D eigenvalue weighted by Gasteiger charge is -2.36. The number of hydrogen-bond donors (Lipinski definition) is 3. The van der Waals surface area contributed by atoms with Crippen molar-refractivity contribution in [3.8, 4) is 11.1 Å². The number of amides is 2. The Labute approximate surface area is 204 Å². The Morgan fingerprint density at radius 1 is 1.03 bits per heavy atom. The maximum Gasteiger partial charge on any atom is 0.407 e. The quantitative estimate of drug-likeness (QED) is 0.558. The molecule has 1 aliphatic heterocycles. The summed E-state index contributed by atoms with van der Waals surface area (Å²) in [5.74, 6) is -1.40. The van der Waals surface area contributed by atoms with Crippen LogP contribution in [0.4, 0.5) is 4.79 Å². The molecule has 35 heavy (non-hydrogen) atoms. The summed E-state index contributed by atoms with van der Waals surface area (Å²) in [6.45, 7) is 4.28. The van der Waals surface area contributed by atoms with Crippen LogP contribution in [0.25, 0.3) is 11.1 Å². The zero-order valence-electron chi connectivity index (χ0n) is 20.1. The number of likely N-dealkylation sites (tertiary alicyclic amines) is 1. The number of piperidine rings is 1. The Bertz CT molecular complexity index is 1070. The van der Waals surface area contributed by atoms with Crippen LogP contribution in [-0.4, -0.2) is 63.9 Å². The van der Waals surface area contributed by atoms with Gasteiger partial charge in [0.2, 0.25) is 5.91 Å². The highest BCUT2D eigenvalue weighted by molar-refractivity contribution is 5.80. The number of aliphatic carboxylic acids is 1. The van der Waals surface area contributed by atoms with Crippen molar-refractivity contribution in [3.63, 3.8) is 0 Å². The summed E-state index contributed by atoms with van der Waals surface area (Å²) < 4.78 is 5.62. The minimum atomic E-state index is -1.76. The molecule has 186 valence electrons. The zero-order chi connectivity index (χ0) is 25.2. The monoisotopic (exact) mass is 480 g/mol. The number of carboxylic acids is 1. The van der Waals surface area contributed by atoms with E-state index in [1.807, 2.05) is 38.1 Å². The second-order valence-electron chi connectivity index (χ2n) is 10.1. The second kappa shape index (κ2) is 9.70. The van der Waals surface area contributed by atoms with Gasteiger partial charge < -0.3 is 25.2 Å². The molecule has 1 heterocycles. The molecule has 4 rings (SSSR count). The molecule has 8 heteroatoms. The molecule has 2 aromatic rings. The summed E-state index contributed by atoms with van der Waals surface area (Å²) in [5, 5.41) is 22.0. The summed E-state index contributed by atoms with van der Waals surface area (Å²) in [7, 11) is 0. The number of carbonyl (C=O) groups is 3. The third kappa shape index (κ3) is 5.32. The van der Waals surface area contributed by atoms with Gasteiger partial charge in [-0.05, 0) is 42.5 Å². The first kappa shape index (κ1) is 24.7. The fraction of sp³-hybridized carbons (Fsp3) is 0.444. The van der Waals surface area contributed by atoms with Gasteiger partial charge in [-0.3, -0.25) is 4.79 Å². The highest BCUT2D eigenvalue weighted by atomic mass is 16.5. The maximum atomic E-state index is 12.6. The van der Waals surface area contributed by atoms with Gasteiger partial charge in [0.25, 0.3) is 0 Å². The topological polar surface area (TPSA) is 116 Å². The lowest BCUT2D eigenvalue weighted by molar-refractivity contribution is -0.165. The van der Waals surface area contributed by atoms with E-state index < -0.39 is 23.2 Å². The number of nitrogens with one attached hydrogen (secondary N) is 1. The van der Waals surface area contributed by atoms with Crippen LogP contribution >= 0.6 is 0 Å². The van der Waals surface area contributed by atoms with Gasteiger partial charge in [0.15, 0.2) is 5.60 Å². The molecule has 0 spiro atoms. The van der Waals surface area contributed by atoms with Crippen molar-refractivity contribution in [2.75, 3.05) is 19.7 Å². The van der Waals surface area contributed by atoms with Crippen LogP contribution in [0.5, 0.6) is 0 Å². The lowest BCUT2D eigenvalue weighted by Crippen LogP contribution is -2.51. The predicted octanol–water partition coefficient (Wildman–Crippen LogP) is 3.52. The SMILES string of the molecule is CC(C)(CCC(=O)N1CCC(O)(C(=O)O)CC1)NC(=O)OCC1c2ccccc2-c2ccccc21. The fourth-order valence-corrected chi connectivity index (χ4v) is 4.89. The largest absolute Gasteiger partial charge is 0.479 e. The van der Waals surface area contributed by atoms with Crippen LogP contribution in [0.15, 0.2) is 48.5 Å². The van der Waals surface area contributed by atoms with Crippen LogP contribution < -0.4 is 5.32 Å². The molecule has 0 aromatic heterocycles. The number of carboxylic acid groups (broad SMARTS) is 1. The number of rotatable bonds is 7. The molecule has 0 saturated carbocycles. The van der Waals surface area contributed by atoms with Crippen molar-refractivity contribution in [1.82, 2.24) is 10.2 Å². The summed E-state index contributed by atoms with van der Waals surface area (Å²) >= 11 is 0. The Morgan fingerprint density at radius 3 is 2.11 bits per heavy atom. The summed E-state index contributed by atoms with van der Waals surface area (Å²) in [6.07, 6.45) is 0.0804. The number of carbonyl (C=O) groups excluding carboxylic acids is 2. The van der Waals surface area contributed by atoms with Gasteiger partial charge in [-0.25, -0.2) is 9.59 Å². The van der Waals surface area contributed by atoms with E-state index >= 15 is 0 Å². The van der Waals surface area contributed by atoms with Crippen LogP contribution in [-0.2, 0) is 14.3 Å². The molecule has 3 N–H and O–H groups in total. The second-order valence-corrected chi connectivity index (χ2v) is 10.1. The first-order valence-corrected chi connectivity index (χ1v) is 12.0. The van der Waals surface area contributed by atoms with Crippen molar-refractivity contribution < 1.29 is 29.3 Å². The van der Waals surface area contributed by atoms with E-state index in [9.17, 15) is 19.5 Å². The third-order valence-electron chi connectivity index (χ3n) is 7.09. The molecule has 0 atom stereocenters. The molecular formula is C27H32N2O6. The molecule has 1 fully saturated rings. The molecule has 2 aromatic carbocycles. The van der Waals surface area contributed by atoms with E-state index in [2.05, 4.69) is 29.6 Å². The molecule has 1 aliphatic carbocycles. The minimum absolute atomic E-state index is 0.00939. The standard InChI is InChI=1S/C27H32N2O6/c1-26(2,12-11-23(30)29-15-13-27(34,14-16-29)24(31)32)28-25(33)35-17-22-20-9-5-3-7-18(20)19-8-4-6-10-21(19)22/h3-10,22,34H,11-17H2,1-2H3,(H,28,33)(H,31,32). The van der Waals surface area contributed by atoms with Crippen LogP contribution in [0.1, 0.15) is 56.6 Å². The number of alkyl carbamates (subject to hydrolysis) is 1. The van der Waals surface area contributed by atoms with E-state index in [-0.39, 0.29) is 50.8 Å². The molecule has 0 radical (unpaired) electrons. The predicted molar refractivity (Wildman–Crippen MR) is 130 cm³/mol. The minimum Gasteiger partial charge on any atom is -0.479 e. The molecule has 1 saturated heterocycles. The number of benzene rings is 2. The Hall–Kier alpha value is -3.39. The zero-order valence-corrected chi connectivity index (χ0v) is 20.1. The van der Waals surface area contributed by atoms with Gasteiger partial charge in [0, 0.05) is 43.8 Å². The third-order valence-corrected chi connectivity index (χ3v) is 7.09. The molecule has 8 nitrogen and oxygen atoms in total. The van der Waals surface area contributed by atoms with E-state index in [1.54, 1.807) is 4.90 Å². The highest BCUT2D eigenvalue weighted by Gasteiger charge is 2.40. The molecule has 2 amide bonds. The van der Waals surface area contributed by atoms with Gasteiger partial charge in [0.05, 0.1) is 0 Å². The van der Waals surface area contributed by atoms with Gasteiger partial charge in [0.1, 0.15) is 6.61 Å². The van der Waals surface area contributed by atoms with Crippen LogP contribution in [0.2, 0.25) is 0 Å². The van der Waals surface area contributed by atoms with E-state index in [4.69, 9.17) is 9.84 Å². The number of hydrogen-bond acceptors (Lipinski definition) is 5. The first-order valence-electron chi connectivity index (χ1n) is 12.0. The molecular weight excluding hydrogens is 448 g/mol. The van der Waals surface area contributed by atoms with E-state index in [1.165, 1.54) is 0 Å². The maximum absolute atomic E-state index is 12.6. The summed E-state index contributed by atoms with van der Waals surface area (Å²) in [5.41, 5.74) is 2.17. The van der Waals surface area contributed by atoms with E-state index in [0.717, 1.165) is 22.3 Å². The van der Waals surface area contributed by atoms with Gasteiger partial charge in [-0.1, -0.05) is 48.5 Å². The Balaban J connectivity index is 1.27. The van der Waals surface area contributed by atoms with Gasteiger partial charge in [-0.15, -0.1) is 0 Å². The Kier molecular flexibility index (Phi) is 6.85. The number of nitrogens with zero attached hydrogens (tertiary/aromatic N) is 1. The lowest BCUT2D eigenvalue weighted by atomic mass is 9.91. The smallest absolute Gasteiger partial charge is 0.407 e. The molecule has 0 unspecified atom stereocenters.